The molecule has 1 aromatic rings. The second-order valence-electron chi connectivity index (χ2n) is 4.62. The Bertz CT molecular complexity index is 415. The lowest BCUT2D eigenvalue weighted by atomic mass is 9.83. The van der Waals surface area contributed by atoms with Gasteiger partial charge < -0.3 is 10.6 Å². The van der Waals surface area contributed by atoms with Gasteiger partial charge >= 0.3 is 0 Å². The molecule has 0 spiro atoms. The number of thiocarbonyl (C=S) groups is 1. The summed E-state index contributed by atoms with van der Waals surface area (Å²) in [4.78, 5) is 14.2. The SMILES string of the molecule is CN(CC(N)=S)C(=O)C(C)(C)c1ccccc1. The molecule has 0 aliphatic carbocycles. The molecule has 0 aliphatic heterocycles. The minimum Gasteiger partial charge on any atom is -0.392 e. The number of amides is 1. The minimum absolute atomic E-state index is 0.0106. The normalized spacial score (nSPS) is 11.0. The molecule has 0 bridgehead atoms. The smallest absolute Gasteiger partial charge is 0.232 e. The highest BCUT2D eigenvalue weighted by Gasteiger charge is 2.32. The van der Waals surface area contributed by atoms with E-state index in [1.165, 1.54) is 0 Å². The van der Waals surface area contributed by atoms with Gasteiger partial charge in [0, 0.05) is 7.05 Å². The Kier molecular flexibility index (Phi) is 4.23. The molecule has 0 atom stereocenters. The molecule has 1 amide bonds. The van der Waals surface area contributed by atoms with Crippen molar-refractivity contribution in [3.8, 4) is 0 Å². The number of nitrogens with zero attached hydrogens (tertiary/aromatic N) is 1. The third-order valence-corrected chi connectivity index (χ3v) is 2.90. The number of carbonyl (C=O) groups excluding carboxylic acids is 1. The number of carbonyl (C=O) groups is 1. The van der Waals surface area contributed by atoms with Gasteiger partial charge in [-0.05, 0) is 19.4 Å². The molecule has 0 aromatic heterocycles. The van der Waals surface area contributed by atoms with Crippen molar-refractivity contribution in [1.29, 1.82) is 0 Å². The van der Waals surface area contributed by atoms with Crippen molar-refractivity contribution in [2.45, 2.75) is 19.3 Å². The Morgan fingerprint density at radius 1 is 1.35 bits per heavy atom. The highest BCUT2D eigenvalue weighted by molar-refractivity contribution is 7.80. The van der Waals surface area contributed by atoms with Gasteiger partial charge in [0.1, 0.15) is 0 Å². The highest BCUT2D eigenvalue weighted by Crippen LogP contribution is 2.24. The Morgan fingerprint density at radius 2 is 1.88 bits per heavy atom. The average Bonchev–Trinajstić information content (AvgIpc) is 2.28. The predicted octanol–water partition coefficient (Wildman–Crippen LogP) is 1.71. The van der Waals surface area contributed by atoms with Gasteiger partial charge in [-0.1, -0.05) is 42.5 Å². The lowest BCUT2D eigenvalue weighted by Crippen LogP contribution is -2.44. The van der Waals surface area contributed by atoms with Gasteiger partial charge in [-0.15, -0.1) is 0 Å². The van der Waals surface area contributed by atoms with Crippen LogP contribution in [0.1, 0.15) is 19.4 Å². The molecule has 17 heavy (non-hydrogen) atoms. The number of hydrogen-bond acceptors (Lipinski definition) is 2. The maximum absolute atomic E-state index is 12.3. The number of nitrogens with two attached hydrogens (primary N) is 1. The van der Waals surface area contributed by atoms with Crippen LogP contribution in [0.5, 0.6) is 0 Å². The molecular formula is C13H18N2OS. The van der Waals surface area contributed by atoms with Gasteiger partial charge in [-0.25, -0.2) is 0 Å². The first-order chi connectivity index (χ1) is 7.85. The van der Waals surface area contributed by atoms with Crippen molar-refractivity contribution >= 4 is 23.1 Å². The molecule has 92 valence electrons. The van der Waals surface area contributed by atoms with E-state index in [9.17, 15) is 4.79 Å². The summed E-state index contributed by atoms with van der Waals surface area (Å²) >= 11 is 4.81. The summed E-state index contributed by atoms with van der Waals surface area (Å²) in [6.45, 7) is 4.12. The van der Waals surface area contributed by atoms with Crippen molar-refractivity contribution < 1.29 is 4.79 Å². The standard InChI is InChI=1S/C13H18N2OS/c1-13(2,10-7-5-4-6-8-10)12(16)15(3)9-11(14)17/h4-8H,9H2,1-3H3,(H2,14,17). The van der Waals surface area contributed by atoms with Gasteiger partial charge in [0.05, 0.1) is 16.9 Å². The zero-order valence-electron chi connectivity index (χ0n) is 10.4. The Labute approximate surface area is 108 Å². The molecular weight excluding hydrogens is 232 g/mol. The van der Waals surface area contributed by atoms with Gasteiger partial charge in [0.2, 0.25) is 5.91 Å². The van der Waals surface area contributed by atoms with Gasteiger partial charge in [-0.2, -0.15) is 0 Å². The van der Waals surface area contributed by atoms with E-state index < -0.39 is 5.41 Å². The van der Waals surface area contributed by atoms with Crippen LogP contribution in [0.25, 0.3) is 0 Å². The lowest BCUT2D eigenvalue weighted by molar-refractivity contribution is -0.134. The van der Waals surface area contributed by atoms with E-state index in [1.807, 2.05) is 44.2 Å². The molecule has 0 saturated heterocycles. The minimum atomic E-state index is -0.569. The number of rotatable bonds is 4. The molecule has 4 heteroatoms. The summed E-state index contributed by atoms with van der Waals surface area (Å²) in [6.07, 6.45) is 0. The number of benzene rings is 1. The zero-order chi connectivity index (χ0) is 13.1. The second kappa shape index (κ2) is 5.27. The van der Waals surface area contributed by atoms with Gasteiger partial charge in [0.25, 0.3) is 0 Å². The summed E-state index contributed by atoms with van der Waals surface area (Å²) in [5.41, 5.74) is 5.87. The molecule has 1 aromatic carbocycles. The van der Waals surface area contributed by atoms with E-state index in [0.29, 0.717) is 11.5 Å². The van der Waals surface area contributed by atoms with Crippen LogP contribution in [0.3, 0.4) is 0 Å². The monoisotopic (exact) mass is 250 g/mol. The summed E-state index contributed by atoms with van der Waals surface area (Å²) in [7, 11) is 1.71. The topological polar surface area (TPSA) is 46.3 Å². The molecule has 0 fully saturated rings. The van der Waals surface area contributed by atoms with Crippen LogP contribution in [0.2, 0.25) is 0 Å². The van der Waals surface area contributed by atoms with Crippen LogP contribution in [-0.4, -0.2) is 29.4 Å². The fourth-order valence-corrected chi connectivity index (χ4v) is 1.95. The molecule has 0 saturated carbocycles. The van der Waals surface area contributed by atoms with E-state index in [1.54, 1.807) is 11.9 Å². The maximum atomic E-state index is 12.3. The van der Waals surface area contributed by atoms with Crippen LogP contribution < -0.4 is 5.73 Å². The third-order valence-electron chi connectivity index (χ3n) is 2.77. The second-order valence-corrected chi connectivity index (χ2v) is 5.14. The first-order valence-electron chi connectivity index (χ1n) is 5.45. The van der Waals surface area contributed by atoms with Crippen LogP contribution in [0, 0.1) is 0 Å². The maximum Gasteiger partial charge on any atom is 0.232 e. The Morgan fingerprint density at radius 3 is 2.35 bits per heavy atom. The molecule has 3 nitrogen and oxygen atoms in total. The van der Waals surface area contributed by atoms with E-state index in [4.69, 9.17) is 18.0 Å². The molecule has 0 aliphatic rings. The van der Waals surface area contributed by atoms with Crippen LogP contribution in [0.15, 0.2) is 30.3 Å². The van der Waals surface area contributed by atoms with E-state index in [0.717, 1.165) is 5.56 Å². The Hall–Kier alpha value is -1.42. The van der Waals surface area contributed by atoms with Crippen molar-refractivity contribution in [3.63, 3.8) is 0 Å². The fourth-order valence-electron chi connectivity index (χ4n) is 1.76. The summed E-state index contributed by atoms with van der Waals surface area (Å²) in [5.74, 6) is 0.0106. The zero-order valence-corrected chi connectivity index (χ0v) is 11.3. The third kappa shape index (κ3) is 3.27. The number of hydrogen-bond donors (Lipinski definition) is 1. The summed E-state index contributed by atoms with van der Waals surface area (Å²) in [5, 5.41) is 0. The molecule has 0 heterocycles. The first-order valence-corrected chi connectivity index (χ1v) is 5.86. The largest absolute Gasteiger partial charge is 0.392 e. The van der Waals surface area contributed by atoms with Crippen molar-refractivity contribution in [2.24, 2.45) is 5.73 Å². The Balaban J connectivity index is 2.91. The predicted molar refractivity (Wildman–Crippen MR) is 73.9 cm³/mol. The van der Waals surface area contributed by atoms with Crippen LogP contribution >= 0.6 is 12.2 Å². The molecule has 2 N–H and O–H groups in total. The van der Waals surface area contributed by atoms with Gasteiger partial charge in [-0.3, -0.25) is 4.79 Å². The highest BCUT2D eigenvalue weighted by atomic mass is 32.1. The first kappa shape index (κ1) is 13.6. The number of likely N-dealkylation sites (N-methyl/N-ethyl adjacent to an activating group) is 1. The fraction of sp³-hybridized carbons (Fsp3) is 0.385. The van der Waals surface area contributed by atoms with Crippen molar-refractivity contribution in [2.75, 3.05) is 13.6 Å². The van der Waals surface area contributed by atoms with Crippen molar-refractivity contribution in [3.05, 3.63) is 35.9 Å². The van der Waals surface area contributed by atoms with E-state index in [2.05, 4.69) is 0 Å². The average molecular weight is 250 g/mol. The lowest BCUT2D eigenvalue weighted by Gasteiger charge is -2.29. The van der Waals surface area contributed by atoms with Gasteiger partial charge in [0.15, 0.2) is 0 Å². The van der Waals surface area contributed by atoms with Crippen LogP contribution in [-0.2, 0) is 10.2 Å². The molecule has 1 rings (SSSR count). The molecule has 0 radical (unpaired) electrons. The van der Waals surface area contributed by atoms with E-state index >= 15 is 0 Å². The van der Waals surface area contributed by atoms with Crippen LogP contribution in [0.4, 0.5) is 0 Å². The quantitative estimate of drug-likeness (QED) is 0.828. The van der Waals surface area contributed by atoms with E-state index in [-0.39, 0.29) is 5.91 Å². The van der Waals surface area contributed by atoms with Crippen molar-refractivity contribution in [1.82, 2.24) is 4.90 Å². The molecule has 0 unspecified atom stereocenters. The summed E-state index contributed by atoms with van der Waals surface area (Å²) < 4.78 is 0. The summed E-state index contributed by atoms with van der Waals surface area (Å²) in [6, 6.07) is 9.69.